The number of amides is 1. The van der Waals surface area contributed by atoms with Gasteiger partial charge in [0.15, 0.2) is 0 Å². The fraction of sp³-hybridized carbons (Fsp3) is 0.444. The van der Waals surface area contributed by atoms with Crippen LogP contribution in [0.3, 0.4) is 0 Å². The van der Waals surface area contributed by atoms with E-state index >= 15 is 0 Å². The highest BCUT2D eigenvalue weighted by Gasteiger charge is 2.31. The summed E-state index contributed by atoms with van der Waals surface area (Å²) < 4.78 is 2.19. The average Bonchev–Trinajstić information content (AvgIpc) is 3.06. The van der Waals surface area contributed by atoms with E-state index in [-0.39, 0.29) is 11.9 Å². The number of likely N-dealkylation sites (tertiary alicyclic amines) is 1. The highest BCUT2D eigenvalue weighted by Crippen LogP contribution is 2.28. The number of para-hydroxylation sites is 1. The predicted molar refractivity (Wildman–Crippen MR) is 89.3 cm³/mol. The molecule has 1 saturated heterocycles. The van der Waals surface area contributed by atoms with Gasteiger partial charge in [0.25, 0.3) is 0 Å². The Morgan fingerprint density at radius 1 is 1.13 bits per heavy atom. The van der Waals surface area contributed by atoms with Crippen molar-refractivity contribution in [2.45, 2.75) is 37.8 Å². The van der Waals surface area contributed by atoms with E-state index in [9.17, 15) is 4.79 Å². The van der Waals surface area contributed by atoms with Gasteiger partial charge in [0, 0.05) is 37.2 Å². The second-order valence-corrected chi connectivity index (χ2v) is 6.48. The fourth-order valence-corrected chi connectivity index (χ4v) is 3.83. The summed E-state index contributed by atoms with van der Waals surface area (Å²) in [4.78, 5) is 19.1. The Balaban J connectivity index is 1.42. The van der Waals surface area contributed by atoms with E-state index in [1.165, 1.54) is 5.56 Å². The predicted octanol–water partition coefficient (Wildman–Crippen LogP) is 2.47. The number of anilines is 1. The number of hydrogen-bond acceptors (Lipinski definition) is 3. The molecule has 0 bridgehead atoms. The second kappa shape index (κ2) is 6.16. The first-order valence-electron chi connectivity index (χ1n) is 8.41. The zero-order chi connectivity index (χ0) is 15.6. The summed E-state index contributed by atoms with van der Waals surface area (Å²) in [5.41, 5.74) is 2.23. The molecule has 120 valence electrons. The summed E-state index contributed by atoms with van der Waals surface area (Å²) in [5.74, 6) is 0.149. The Hall–Kier alpha value is -2.14. The van der Waals surface area contributed by atoms with Crippen LogP contribution in [-0.2, 0) is 11.2 Å². The summed E-state index contributed by atoms with van der Waals surface area (Å²) in [6, 6.07) is 8.65. The topological polar surface area (TPSA) is 50.2 Å². The van der Waals surface area contributed by atoms with E-state index in [1.54, 1.807) is 0 Å². The zero-order valence-corrected chi connectivity index (χ0v) is 13.2. The fourth-order valence-electron chi connectivity index (χ4n) is 3.83. The molecule has 3 heterocycles. The molecule has 2 aliphatic rings. The van der Waals surface area contributed by atoms with Gasteiger partial charge in [-0.05, 0) is 37.3 Å². The molecule has 5 nitrogen and oxygen atoms in total. The highest BCUT2D eigenvalue weighted by molar-refractivity contribution is 5.96. The second-order valence-electron chi connectivity index (χ2n) is 6.48. The average molecular weight is 310 g/mol. The van der Waals surface area contributed by atoms with Crippen molar-refractivity contribution in [1.29, 1.82) is 0 Å². The number of aryl methyl sites for hydroxylation is 1. The van der Waals surface area contributed by atoms with E-state index in [0.717, 1.165) is 44.5 Å². The molecule has 0 aliphatic carbocycles. The number of piperidine rings is 1. The van der Waals surface area contributed by atoms with Gasteiger partial charge in [-0.1, -0.05) is 18.2 Å². The lowest BCUT2D eigenvalue weighted by Crippen LogP contribution is -2.47. The first kappa shape index (κ1) is 14.5. The molecule has 1 aromatic heterocycles. The summed E-state index contributed by atoms with van der Waals surface area (Å²) >= 11 is 0. The minimum absolute atomic E-state index is 0.00821. The number of imidazole rings is 1. The van der Waals surface area contributed by atoms with E-state index in [0.29, 0.717) is 6.04 Å². The molecule has 1 aromatic carbocycles. The summed E-state index contributed by atoms with van der Waals surface area (Å²) in [6.07, 6.45) is 9.78. The molecule has 0 saturated carbocycles. The monoisotopic (exact) mass is 310 g/mol. The summed E-state index contributed by atoms with van der Waals surface area (Å²) in [5, 5.41) is 3.11. The van der Waals surface area contributed by atoms with Crippen LogP contribution < -0.4 is 5.32 Å². The van der Waals surface area contributed by atoms with Crippen LogP contribution >= 0.6 is 0 Å². The van der Waals surface area contributed by atoms with Crippen LogP contribution in [0.15, 0.2) is 43.0 Å². The van der Waals surface area contributed by atoms with Gasteiger partial charge < -0.3 is 9.88 Å². The third-order valence-corrected chi connectivity index (χ3v) is 5.15. The largest absolute Gasteiger partial charge is 0.334 e. The van der Waals surface area contributed by atoms with E-state index in [1.807, 2.05) is 36.9 Å². The lowest BCUT2D eigenvalue weighted by Gasteiger charge is -2.36. The molecule has 1 unspecified atom stereocenters. The third kappa shape index (κ3) is 2.88. The van der Waals surface area contributed by atoms with Gasteiger partial charge in [0.1, 0.15) is 0 Å². The molecule has 1 N–H and O–H groups in total. The maximum Gasteiger partial charge on any atom is 0.241 e. The Bertz CT molecular complexity index is 674. The minimum atomic E-state index is -0.00821. The first-order chi connectivity index (χ1) is 11.3. The van der Waals surface area contributed by atoms with E-state index in [2.05, 4.69) is 25.8 Å². The molecule has 1 fully saturated rings. The number of nitrogens with one attached hydrogen (secondary N) is 1. The Labute approximate surface area is 136 Å². The quantitative estimate of drug-likeness (QED) is 0.927. The Morgan fingerprint density at radius 3 is 2.74 bits per heavy atom. The number of carbonyl (C=O) groups is 1. The molecule has 1 atom stereocenters. The summed E-state index contributed by atoms with van der Waals surface area (Å²) in [6.45, 7) is 1.94. The lowest BCUT2D eigenvalue weighted by atomic mass is 10.00. The van der Waals surface area contributed by atoms with Gasteiger partial charge >= 0.3 is 0 Å². The van der Waals surface area contributed by atoms with E-state index in [4.69, 9.17) is 0 Å². The van der Waals surface area contributed by atoms with Gasteiger partial charge in [-0.3, -0.25) is 9.69 Å². The van der Waals surface area contributed by atoms with Crippen molar-refractivity contribution in [3.8, 4) is 0 Å². The molecule has 1 amide bonds. The van der Waals surface area contributed by atoms with Crippen molar-refractivity contribution in [1.82, 2.24) is 14.5 Å². The minimum Gasteiger partial charge on any atom is -0.334 e. The normalized spacial score (nSPS) is 23.1. The van der Waals surface area contributed by atoms with Gasteiger partial charge in [-0.2, -0.15) is 0 Å². The van der Waals surface area contributed by atoms with Crippen LogP contribution in [0.5, 0.6) is 0 Å². The number of aromatic nitrogens is 2. The van der Waals surface area contributed by atoms with Crippen LogP contribution in [0.2, 0.25) is 0 Å². The zero-order valence-electron chi connectivity index (χ0n) is 13.2. The maximum atomic E-state index is 12.6. The van der Waals surface area contributed by atoms with Crippen molar-refractivity contribution < 1.29 is 4.79 Å². The molecular weight excluding hydrogens is 288 g/mol. The molecule has 23 heavy (non-hydrogen) atoms. The first-order valence-corrected chi connectivity index (χ1v) is 8.41. The Kier molecular flexibility index (Phi) is 3.87. The molecule has 2 aliphatic heterocycles. The standard InChI is InChI=1S/C18H22N4O/c23-18-17(6-5-14-3-1-2-4-16(14)20-18)21-10-7-15(8-11-21)22-12-9-19-13-22/h1-4,9,12-13,15,17H,5-8,10-11H2,(H,20,23). The van der Waals surface area contributed by atoms with Crippen molar-refractivity contribution in [3.05, 3.63) is 48.5 Å². The van der Waals surface area contributed by atoms with Gasteiger partial charge in [0.2, 0.25) is 5.91 Å². The van der Waals surface area contributed by atoms with Crippen LogP contribution in [0.25, 0.3) is 0 Å². The Morgan fingerprint density at radius 2 is 1.96 bits per heavy atom. The van der Waals surface area contributed by atoms with Crippen molar-refractivity contribution in [2.75, 3.05) is 18.4 Å². The third-order valence-electron chi connectivity index (χ3n) is 5.15. The molecule has 2 aromatic rings. The van der Waals surface area contributed by atoms with Crippen LogP contribution in [0, 0.1) is 0 Å². The van der Waals surface area contributed by atoms with Crippen molar-refractivity contribution in [2.24, 2.45) is 0 Å². The van der Waals surface area contributed by atoms with Crippen LogP contribution in [0.4, 0.5) is 5.69 Å². The summed E-state index contributed by atoms with van der Waals surface area (Å²) in [7, 11) is 0. The number of nitrogens with zero attached hydrogens (tertiary/aromatic N) is 3. The van der Waals surface area contributed by atoms with E-state index < -0.39 is 0 Å². The molecule has 0 spiro atoms. The number of fused-ring (bicyclic) bond motifs is 1. The molecule has 4 rings (SSSR count). The number of rotatable bonds is 2. The lowest BCUT2D eigenvalue weighted by molar-refractivity contribution is -0.122. The number of hydrogen-bond donors (Lipinski definition) is 1. The SMILES string of the molecule is O=C1Nc2ccccc2CCC1N1CCC(n2ccnc2)CC1. The van der Waals surface area contributed by atoms with Gasteiger partial charge in [0.05, 0.1) is 12.4 Å². The van der Waals surface area contributed by atoms with Gasteiger partial charge in [-0.25, -0.2) is 4.98 Å². The van der Waals surface area contributed by atoms with Crippen molar-refractivity contribution >= 4 is 11.6 Å². The number of carbonyl (C=O) groups excluding carboxylic acids is 1. The van der Waals surface area contributed by atoms with Crippen molar-refractivity contribution in [3.63, 3.8) is 0 Å². The maximum absolute atomic E-state index is 12.6. The van der Waals surface area contributed by atoms with Gasteiger partial charge in [-0.15, -0.1) is 0 Å². The van der Waals surface area contributed by atoms with Crippen LogP contribution in [-0.4, -0.2) is 39.5 Å². The molecular formula is C18H22N4O. The highest BCUT2D eigenvalue weighted by atomic mass is 16.2. The molecule has 0 radical (unpaired) electrons. The number of benzene rings is 1. The van der Waals surface area contributed by atoms with Crippen LogP contribution in [0.1, 0.15) is 30.9 Å². The molecule has 5 heteroatoms. The smallest absolute Gasteiger partial charge is 0.241 e.